The van der Waals surface area contributed by atoms with Gasteiger partial charge in [-0.25, -0.2) is 0 Å². The SMILES string of the molecule is Cc1cccc(C2(NC(=O)c3cc4c(Cl)c(C)ccc4n3C)CCNCC2)c1. The third-order valence-corrected chi connectivity index (χ3v) is 6.47. The minimum atomic E-state index is -0.357. The Morgan fingerprint density at radius 2 is 1.89 bits per heavy atom. The topological polar surface area (TPSA) is 46.1 Å². The molecule has 3 aromatic rings. The molecule has 5 heteroatoms. The van der Waals surface area contributed by atoms with E-state index in [1.807, 2.05) is 36.7 Å². The molecule has 0 saturated carbocycles. The molecule has 1 amide bonds. The van der Waals surface area contributed by atoms with Crippen LogP contribution >= 0.6 is 11.6 Å². The molecule has 2 heterocycles. The maximum Gasteiger partial charge on any atom is 0.268 e. The molecule has 0 atom stereocenters. The van der Waals surface area contributed by atoms with Crippen molar-refractivity contribution in [1.29, 1.82) is 0 Å². The molecular formula is C23H26ClN3O. The van der Waals surface area contributed by atoms with E-state index in [1.165, 1.54) is 11.1 Å². The van der Waals surface area contributed by atoms with Gasteiger partial charge in [0.1, 0.15) is 5.69 Å². The molecule has 2 aromatic carbocycles. The Bertz CT molecular complexity index is 1050. The number of hydrogen-bond acceptors (Lipinski definition) is 2. The van der Waals surface area contributed by atoms with Crippen LogP contribution in [0.1, 0.15) is 40.0 Å². The Kier molecular flexibility index (Phi) is 4.94. The minimum absolute atomic E-state index is 0.0594. The van der Waals surface area contributed by atoms with Gasteiger partial charge in [-0.05, 0) is 63.0 Å². The largest absolute Gasteiger partial charge is 0.341 e. The summed E-state index contributed by atoms with van der Waals surface area (Å²) in [4.78, 5) is 13.4. The molecule has 28 heavy (non-hydrogen) atoms. The summed E-state index contributed by atoms with van der Waals surface area (Å²) in [6, 6.07) is 14.4. The second-order valence-electron chi connectivity index (χ2n) is 7.87. The molecule has 1 saturated heterocycles. The molecule has 1 aliphatic heterocycles. The van der Waals surface area contributed by atoms with Crippen molar-refractivity contribution in [2.24, 2.45) is 7.05 Å². The third-order valence-electron chi connectivity index (χ3n) is 5.97. The van der Waals surface area contributed by atoms with Gasteiger partial charge in [-0.2, -0.15) is 0 Å². The average molecular weight is 396 g/mol. The van der Waals surface area contributed by atoms with Crippen molar-refractivity contribution in [3.8, 4) is 0 Å². The van der Waals surface area contributed by atoms with Crippen molar-refractivity contribution in [1.82, 2.24) is 15.2 Å². The van der Waals surface area contributed by atoms with E-state index in [1.54, 1.807) is 0 Å². The average Bonchev–Trinajstić information content (AvgIpc) is 3.03. The Hall–Kier alpha value is -2.30. The van der Waals surface area contributed by atoms with Crippen LogP contribution in [-0.2, 0) is 12.6 Å². The second-order valence-corrected chi connectivity index (χ2v) is 8.25. The van der Waals surface area contributed by atoms with E-state index in [0.717, 1.165) is 42.4 Å². The van der Waals surface area contributed by atoms with Gasteiger partial charge in [-0.1, -0.05) is 47.5 Å². The number of nitrogens with zero attached hydrogens (tertiary/aromatic N) is 1. The standard InChI is InChI=1S/C23H26ClN3O/c1-15-5-4-6-17(13-15)23(9-11-25-12-10-23)26-22(28)20-14-18-19(27(20)3)8-7-16(2)21(18)24/h4-8,13-14,25H,9-12H2,1-3H3,(H,26,28). The van der Waals surface area contributed by atoms with E-state index in [4.69, 9.17) is 11.6 Å². The molecule has 1 fully saturated rings. The number of halogens is 1. The lowest BCUT2D eigenvalue weighted by atomic mass is 9.80. The van der Waals surface area contributed by atoms with E-state index < -0.39 is 0 Å². The van der Waals surface area contributed by atoms with Crippen LogP contribution < -0.4 is 10.6 Å². The molecule has 0 unspecified atom stereocenters. The molecular weight excluding hydrogens is 370 g/mol. The van der Waals surface area contributed by atoms with Crippen LogP contribution in [0.3, 0.4) is 0 Å². The molecule has 1 aromatic heterocycles. The lowest BCUT2D eigenvalue weighted by Gasteiger charge is -2.39. The van der Waals surface area contributed by atoms with Gasteiger partial charge in [0, 0.05) is 18.0 Å². The second kappa shape index (κ2) is 7.26. The number of fused-ring (bicyclic) bond motifs is 1. The number of nitrogens with one attached hydrogen (secondary N) is 2. The lowest BCUT2D eigenvalue weighted by Crippen LogP contribution is -2.52. The summed E-state index contributed by atoms with van der Waals surface area (Å²) in [6.45, 7) is 5.84. The molecule has 1 aliphatic rings. The lowest BCUT2D eigenvalue weighted by molar-refractivity contribution is 0.0864. The summed E-state index contributed by atoms with van der Waals surface area (Å²) in [5.41, 5.74) is 4.64. The van der Waals surface area contributed by atoms with Crippen molar-refractivity contribution >= 4 is 28.4 Å². The summed E-state index contributed by atoms with van der Waals surface area (Å²) in [5, 5.41) is 8.43. The summed E-state index contributed by atoms with van der Waals surface area (Å²) >= 11 is 6.50. The van der Waals surface area contributed by atoms with E-state index in [-0.39, 0.29) is 11.4 Å². The number of hydrogen-bond donors (Lipinski definition) is 2. The molecule has 2 N–H and O–H groups in total. The van der Waals surface area contributed by atoms with Crippen LogP contribution in [0.25, 0.3) is 10.9 Å². The molecule has 4 nitrogen and oxygen atoms in total. The predicted octanol–water partition coefficient (Wildman–Crippen LogP) is 4.46. The van der Waals surface area contributed by atoms with E-state index in [9.17, 15) is 4.79 Å². The quantitative estimate of drug-likeness (QED) is 0.687. The zero-order valence-corrected chi connectivity index (χ0v) is 17.4. The first-order valence-electron chi connectivity index (χ1n) is 9.76. The number of carbonyl (C=O) groups is 1. The van der Waals surface area contributed by atoms with Crippen LogP contribution in [0, 0.1) is 13.8 Å². The predicted molar refractivity (Wildman–Crippen MR) is 115 cm³/mol. The molecule has 0 spiro atoms. The Morgan fingerprint density at radius 1 is 1.14 bits per heavy atom. The van der Waals surface area contributed by atoms with Crippen LogP contribution in [0.2, 0.25) is 5.02 Å². The Labute approximate surface area is 170 Å². The first kappa shape index (κ1) is 19.0. The highest BCUT2D eigenvalue weighted by Gasteiger charge is 2.36. The van der Waals surface area contributed by atoms with Crippen LogP contribution in [-0.4, -0.2) is 23.6 Å². The number of aryl methyl sites for hydroxylation is 3. The maximum atomic E-state index is 13.4. The van der Waals surface area contributed by atoms with Crippen molar-refractivity contribution in [2.45, 2.75) is 32.2 Å². The summed E-state index contributed by atoms with van der Waals surface area (Å²) in [6.07, 6.45) is 1.73. The first-order valence-corrected chi connectivity index (χ1v) is 10.1. The zero-order chi connectivity index (χ0) is 19.9. The number of rotatable bonds is 3. The van der Waals surface area contributed by atoms with Crippen LogP contribution in [0.4, 0.5) is 0 Å². The molecule has 0 radical (unpaired) electrons. The smallest absolute Gasteiger partial charge is 0.268 e. The van der Waals surface area contributed by atoms with Gasteiger partial charge in [-0.15, -0.1) is 0 Å². The molecule has 0 aliphatic carbocycles. The normalized spacial score (nSPS) is 16.3. The Morgan fingerprint density at radius 3 is 2.61 bits per heavy atom. The minimum Gasteiger partial charge on any atom is -0.341 e. The zero-order valence-electron chi connectivity index (χ0n) is 16.6. The van der Waals surface area contributed by atoms with Gasteiger partial charge in [-0.3, -0.25) is 4.79 Å². The number of aromatic nitrogens is 1. The highest BCUT2D eigenvalue weighted by molar-refractivity contribution is 6.36. The van der Waals surface area contributed by atoms with E-state index in [0.29, 0.717) is 10.7 Å². The van der Waals surface area contributed by atoms with Crippen LogP contribution in [0.5, 0.6) is 0 Å². The van der Waals surface area contributed by atoms with Crippen molar-refractivity contribution in [3.05, 3.63) is 69.9 Å². The maximum absolute atomic E-state index is 13.4. The van der Waals surface area contributed by atoms with Crippen LogP contribution in [0.15, 0.2) is 42.5 Å². The highest BCUT2D eigenvalue weighted by atomic mass is 35.5. The molecule has 4 rings (SSSR count). The fourth-order valence-electron chi connectivity index (χ4n) is 4.27. The van der Waals surface area contributed by atoms with Crippen molar-refractivity contribution < 1.29 is 4.79 Å². The monoisotopic (exact) mass is 395 g/mol. The molecule has 0 bridgehead atoms. The van der Waals surface area contributed by atoms with Crippen molar-refractivity contribution in [2.75, 3.05) is 13.1 Å². The van der Waals surface area contributed by atoms with Gasteiger partial charge < -0.3 is 15.2 Å². The van der Waals surface area contributed by atoms with Gasteiger partial charge in [0.25, 0.3) is 5.91 Å². The number of carbonyl (C=O) groups excluding carboxylic acids is 1. The van der Waals surface area contributed by atoms with Gasteiger partial charge >= 0.3 is 0 Å². The number of piperidine rings is 1. The summed E-state index contributed by atoms with van der Waals surface area (Å²) in [7, 11) is 1.92. The number of amides is 1. The van der Waals surface area contributed by atoms with Gasteiger partial charge in [0.2, 0.25) is 0 Å². The molecule has 146 valence electrons. The highest BCUT2D eigenvalue weighted by Crippen LogP contribution is 2.33. The van der Waals surface area contributed by atoms with E-state index >= 15 is 0 Å². The first-order chi connectivity index (χ1) is 13.4. The van der Waals surface area contributed by atoms with Gasteiger partial charge in [0.05, 0.1) is 10.6 Å². The van der Waals surface area contributed by atoms with Gasteiger partial charge in [0.15, 0.2) is 0 Å². The summed E-state index contributed by atoms with van der Waals surface area (Å²) < 4.78 is 1.93. The van der Waals surface area contributed by atoms with Crippen molar-refractivity contribution in [3.63, 3.8) is 0 Å². The third kappa shape index (κ3) is 3.21. The fraction of sp³-hybridized carbons (Fsp3) is 0.348. The fourth-order valence-corrected chi connectivity index (χ4v) is 4.48. The van der Waals surface area contributed by atoms with E-state index in [2.05, 4.69) is 41.8 Å². The Balaban J connectivity index is 1.74. The number of benzene rings is 2. The summed E-state index contributed by atoms with van der Waals surface area (Å²) in [5.74, 6) is -0.0594.